The molecule has 0 aromatic heterocycles. The van der Waals surface area contributed by atoms with E-state index in [1.54, 1.807) is 0 Å². The summed E-state index contributed by atoms with van der Waals surface area (Å²) < 4.78 is 0. The highest BCUT2D eigenvalue weighted by molar-refractivity contribution is 5.54. The zero-order chi connectivity index (χ0) is 17.9. The summed E-state index contributed by atoms with van der Waals surface area (Å²) in [4.78, 5) is 2.05. The van der Waals surface area contributed by atoms with Gasteiger partial charge in [0, 0.05) is 32.5 Å². The van der Waals surface area contributed by atoms with Gasteiger partial charge in [-0.15, -0.1) is 0 Å². The van der Waals surface area contributed by atoms with E-state index < -0.39 is 5.60 Å². The van der Waals surface area contributed by atoms with E-state index >= 15 is 0 Å². The molecule has 25 heavy (non-hydrogen) atoms. The molecule has 0 aliphatic rings. The molecule has 3 rings (SSSR count). The van der Waals surface area contributed by atoms with Gasteiger partial charge in [0.2, 0.25) is 0 Å². The van der Waals surface area contributed by atoms with Gasteiger partial charge in [-0.2, -0.15) is 0 Å². The first-order valence-corrected chi connectivity index (χ1v) is 8.40. The number of nitrogens with one attached hydrogen (secondary N) is 1. The van der Waals surface area contributed by atoms with Crippen molar-refractivity contribution in [2.75, 3.05) is 31.4 Å². The van der Waals surface area contributed by atoms with Gasteiger partial charge in [-0.25, -0.2) is 0 Å². The predicted molar refractivity (Wildman–Crippen MR) is 105 cm³/mol. The molecule has 0 saturated carbocycles. The van der Waals surface area contributed by atoms with Crippen molar-refractivity contribution in [2.45, 2.75) is 5.60 Å². The van der Waals surface area contributed by atoms with Crippen LogP contribution in [-0.4, -0.2) is 26.2 Å². The molecular weight excluding hydrogens is 308 g/mol. The van der Waals surface area contributed by atoms with Gasteiger partial charge in [-0.05, 0) is 41.0 Å². The maximum atomic E-state index is 11.8. The Kier molecular flexibility index (Phi) is 4.77. The summed E-state index contributed by atoms with van der Waals surface area (Å²) in [6.45, 7) is 0. The highest BCUT2D eigenvalue weighted by Crippen LogP contribution is 2.37. The molecule has 128 valence electrons. The molecule has 0 amide bonds. The third kappa shape index (κ3) is 3.24. The molecule has 0 radical (unpaired) electrons. The van der Waals surface area contributed by atoms with Gasteiger partial charge in [0.1, 0.15) is 5.60 Å². The lowest BCUT2D eigenvalue weighted by Gasteiger charge is -2.30. The van der Waals surface area contributed by atoms with Gasteiger partial charge in [0.05, 0.1) is 0 Å². The lowest BCUT2D eigenvalue weighted by Crippen LogP contribution is -2.28. The van der Waals surface area contributed by atoms with Crippen molar-refractivity contribution in [2.24, 2.45) is 0 Å². The van der Waals surface area contributed by atoms with E-state index in [1.165, 1.54) is 0 Å². The molecule has 3 aromatic carbocycles. The Balaban J connectivity index is 2.14. The number of hydrogen-bond acceptors (Lipinski definition) is 3. The van der Waals surface area contributed by atoms with Crippen molar-refractivity contribution in [3.8, 4) is 0 Å². The van der Waals surface area contributed by atoms with E-state index in [9.17, 15) is 5.11 Å². The number of anilines is 2. The number of benzene rings is 3. The largest absolute Gasteiger partial charge is 0.388 e. The van der Waals surface area contributed by atoms with Gasteiger partial charge in [0.25, 0.3) is 0 Å². The molecule has 3 aromatic rings. The summed E-state index contributed by atoms with van der Waals surface area (Å²) in [7, 11) is 5.90. The van der Waals surface area contributed by atoms with Gasteiger partial charge in [-0.3, -0.25) is 0 Å². The highest BCUT2D eigenvalue weighted by atomic mass is 16.3. The second-order valence-corrected chi connectivity index (χ2v) is 6.35. The fourth-order valence-corrected chi connectivity index (χ4v) is 3.06. The first-order chi connectivity index (χ1) is 12.1. The summed E-state index contributed by atoms with van der Waals surface area (Å²) in [6.07, 6.45) is 0. The molecule has 0 aliphatic carbocycles. The molecule has 3 nitrogen and oxygen atoms in total. The molecule has 0 fully saturated rings. The van der Waals surface area contributed by atoms with Crippen LogP contribution in [0, 0.1) is 0 Å². The maximum Gasteiger partial charge on any atom is 0.140 e. The van der Waals surface area contributed by atoms with Crippen LogP contribution in [0.5, 0.6) is 0 Å². The van der Waals surface area contributed by atoms with Crippen LogP contribution in [-0.2, 0) is 5.60 Å². The Labute approximate surface area is 149 Å². The minimum atomic E-state index is -1.20. The van der Waals surface area contributed by atoms with Crippen molar-refractivity contribution in [1.82, 2.24) is 0 Å². The standard InChI is InChI=1S/C22H24N2O/c1-23-20-13-9-18(10-14-20)22(25,17-7-5-4-6-8-17)19-11-15-21(16-12-19)24(2)3/h4-16,23,25H,1-3H3. The quantitative estimate of drug-likeness (QED) is 0.691. The van der Waals surface area contributed by atoms with E-state index in [0.717, 1.165) is 28.1 Å². The predicted octanol–water partition coefficient (Wildman–Crippen LogP) is 4.08. The minimum Gasteiger partial charge on any atom is -0.388 e. The lowest BCUT2D eigenvalue weighted by molar-refractivity contribution is 0.126. The highest BCUT2D eigenvalue weighted by Gasteiger charge is 2.33. The van der Waals surface area contributed by atoms with Crippen LogP contribution in [0.4, 0.5) is 11.4 Å². The molecule has 0 aliphatic heterocycles. The SMILES string of the molecule is CNc1ccc(C(O)(c2ccccc2)c2ccc(N(C)C)cc2)cc1. The fraction of sp³-hybridized carbons (Fsp3) is 0.182. The van der Waals surface area contributed by atoms with Crippen molar-refractivity contribution >= 4 is 11.4 Å². The topological polar surface area (TPSA) is 35.5 Å². The van der Waals surface area contributed by atoms with Crippen molar-refractivity contribution < 1.29 is 5.11 Å². The minimum absolute atomic E-state index is 0.843. The van der Waals surface area contributed by atoms with Crippen LogP contribution in [0.1, 0.15) is 16.7 Å². The Hall–Kier alpha value is -2.78. The van der Waals surface area contributed by atoms with Gasteiger partial charge in [0.15, 0.2) is 0 Å². The zero-order valence-electron chi connectivity index (χ0n) is 14.9. The average Bonchev–Trinajstić information content (AvgIpc) is 2.68. The Morgan fingerprint density at radius 1 is 0.720 bits per heavy atom. The van der Waals surface area contributed by atoms with E-state index in [-0.39, 0.29) is 0 Å². The lowest BCUT2D eigenvalue weighted by atomic mass is 9.80. The second-order valence-electron chi connectivity index (χ2n) is 6.35. The molecule has 1 unspecified atom stereocenters. The number of nitrogens with zero attached hydrogens (tertiary/aromatic N) is 1. The van der Waals surface area contributed by atoms with Crippen LogP contribution < -0.4 is 10.2 Å². The summed E-state index contributed by atoms with van der Waals surface area (Å²) in [5, 5.41) is 14.9. The first-order valence-electron chi connectivity index (χ1n) is 8.40. The Morgan fingerprint density at radius 3 is 1.68 bits per heavy atom. The van der Waals surface area contributed by atoms with Gasteiger partial charge >= 0.3 is 0 Å². The Morgan fingerprint density at radius 2 is 1.20 bits per heavy atom. The smallest absolute Gasteiger partial charge is 0.140 e. The molecule has 0 bridgehead atoms. The van der Waals surface area contributed by atoms with Crippen LogP contribution in [0.15, 0.2) is 78.9 Å². The summed E-state index contributed by atoms with van der Waals surface area (Å²) >= 11 is 0. The number of rotatable bonds is 5. The normalized spacial score (nSPS) is 13.1. The molecule has 0 spiro atoms. The van der Waals surface area contributed by atoms with Crippen LogP contribution in [0.2, 0.25) is 0 Å². The van der Waals surface area contributed by atoms with Crippen LogP contribution in [0.25, 0.3) is 0 Å². The molecule has 1 atom stereocenters. The molecular formula is C22H24N2O. The van der Waals surface area contributed by atoms with Gasteiger partial charge in [-0.1, -0.05) is 54.6 Å². The number of aliphatic hydroxyl groups is 1. The van der Waals surface area contributed by atoms with Crippen molar-refractivity contribution in [1.29, 1.82) is 0 Å². The third-order valence-corrected chi connectivity index (χ3v) is 4.58. The fourth-order valence-electron chi connectivity index (χ4n) is 3.06. The zero-order valence-corrected chi connectivity index (χ0v) is 14.9. The van der Waals surface area contributed by atoms with Crippen molar-refractivity contribution in [3.05, 3.63) is 95.6 Å². The summed E-state index contributed by atoms with van der Waals surface area (Å²) in [5.74, 6) is 0. The number of hydrogen-bond donors (Lipinski definition) is 2. The Bertz CT molecular complexity index is 811. The summed E-state index contributed by atoms with van der Waals surface area (Å²) in [5.41, 5.74) is 3.46. The summed E-state index contributed by atoms with van der Waals surface area (Å²) in [6, 6.07) is 25.8. The molecule has 3 heteroatoms. The molecule has 0 heterocycles. The average molecular weight is 332 g/mol. The van der Waals surface area contributed by atoms with Crippen molar-refractivity contribution in [3.63, 3.8) is 0 Å². The van der Waals surface area contributed by atoms with E-state index in [1.807, 2.05) is 105 Å². The molecule has 0 saturated heterocycles. The molecule has 2 N–H and O–H groups in total. The van der Waals surface area contributed by atoms with Crippen LogP contribution >= 0.6 is 0 Å². The van der Waals surface area contributed by atoms with E-state index in [4.69, 9.17) is 0 Å². The van der Waals surface area contributed by atoms with Gasteiger partial charge < -0.3 is 15.3 Å². The van der Waals surface area contributed by atoms with E-state index in [2.05, 4.69) is 5.32 Å². The monoisotopic (exact) mass is 332 g/mol. The first kappa shape index (κ1) is 17.1. The van der Waals surface area contributed by atoms with E-state index in [0.29, 0.717) is 0 Å². The van der Waals surface area contributed by atoms with Crippen LogP contribution in [0.3, 0.4) is 0 Å². The maximum absolute atomic E-state index is 11.8. The third-order valence-electron chi connectivity index (χ3n) is 4.58. The second kappa shape index (κ2) is 6.99.